The number of rotatable bonds is 4. The third kappa shape index (κ3) is 3.13. The first-order valence-corrected chi connectivity index (χ1v) is 9.90. The predicted octanol–water partition coefficient (Wildman–Crippen LogP) is 4.73. The highest BCUT2D eigenvalue weighted by atomic mass is 32.1. The van der Waals surface area contributed by atoms with Gasteiger partial charge in [0, 0.05) is 15.1 Å². The topological polar surface area (TPSA) is 55.4 Å². The Labute approximate surface area is 149 Å². The van der Waals surface area contributed by atoms with E-state index in [1.54, 1.807) is 18.3 Å². The van der Waals surface area contributed by atoms with E-state index in [0.29, 0.717) is 22.7 Å². The molecule has 2 aromatic rings. The van der Waals surface area contributed by atoms with Crippen molar-refractivity contribution >= 4 is 39.6 Å². The Morgan fingerprint density at radius 1 is 1.25 bits per heavy atom. The van der Waals surface area contributed by atoms with Gasteiger partial charge in [0.1, 0.15) is 5.00 Å². The van der Waals surface area contributed by atoms with Gasteiger partial charge in [0.05, 0.1) is 17.7 Å². The van der Waals surface area contributed by atoms with Gasteiger partial charge < -0.3 is 10.1 Å². The molecule has 0 saturated heterocycles. The molecule has 24 heavy (non-hydrogen) atoms. The standard InChI is InChI=1S/C18H21NO3S2/c1-4-22-18(21)15-12-7-5-6-8-14(12)24-17(15)19-16(20)13-9-23-11(3)10(13)2/h9H,4-8H2,1-3H3,(H,19,20). The maximum Gasteiger partial charge on any atom is 0.341 e. The molecule has 0 unspecified atom stereocenters. The van der Waals surface area contributed by atoms with Crippen molar-refractivity contribution in [3.05, 3.63) is 37.4 Å². The highest BCUT2D eigenvalue weighted by molar-refractivity contribution is 7.17. The lowest BCUT2D eigenvalue weighted by Crippen LogP contribution is -2.16. The minimum Gasteiger partial charge on any atom is -0.462 e. The van der Waals surface area contributed by atoms with Crippen LogP contribution in [0.15, 0.2) is 5.38 Å². The minimum atomic E-state index is -0.328. The van der Waals surface area contributed by atoms with Crippen LogP contribution >= 0.6 is 22.7 Å². The van der Waals surface area contributed by atoms with Crippen molar-refractivity contribution in [2.75, 3.05) is 11.9 Å². The second kappa shape index (κ2) is 7.07. The molecule has 0 saturated carbocycles. The molecule has 3 rings (SSSR count). The van der Waals surface area contributed by atoms with E-state index in [4.69, 9.17) is 4.74 Å². The van der Waals surface area contributed by atoms with Crippen LogP contribution in [0.5, 0.6) is 0 Å². The normalized spacial score (nSPS) is 13.5. The number of esters is 1. The van der Waals surface area contributed by atoms with Gasteiger partial charge >= 0.3 is 5.97 Å². The molecule has 1 amide bonds. The summed E-state index contributed by atoms with van der Waals surface area (Å²) in [5, 5.41) is 5.47. The average molecular weight is 364 g/mol. The zero-order valence-corrected chi connectivity index (χ0v) is 15.8. The average Bonchev–Trinajstić information content (AvgIpc) is 3.08. The zero-order chi connectivity index (χ0) is 17.3. The van der Waals surface area contributed by atoms with Crippen LogP contribution in [-0.2, 0) is 17.6 Å². The summed E-state index contributed by atoms with van der Waals surface area (Å²) in [6.45, 7) is 6.09. The van der Waals surface area contributed by atoms with Crippen LogP contribution in [0.1, 0.15) is 61.4 Å². The van der Waals surface area contributed by atoms with Gasteiger partial charge in [0.15, 0.2) is 0 Å². The van der Waals surface area contributed by atoms with Crippen molar-refractivity contribution in [2.45, 2.75) is 46.5 Å². The minimum absolute atomic E-state index is 0.152. The van der Waals surface area contributed by atoms with Gasteiger partial charge in [-0.25, -0.2) is 4.79 Å². The fourth-order valence-corrected chi connectivity index (χ4v) is 5.12. The van der Waals surface area contributed by atoms with Crippen LogP contribution in [0.2, 0.25) is 0 Å². The second-order valence-corrected chi connectivity index (χ2v) is 8.11. The van der Waals surface area contributed by atoms with Crippen molar-refractivity contribution in [1.82, 2.24) is 0 Å². The lowest BCUT2D eigenvalue weighted by Gasteiger charge is -2.12. The van der Waals surface area contributed by atoms with Crippen LogP contribution in [0.4, 0.5) is 5.00 Å². The second-order valence-electron chi connectivity index (χ2n) is 5.92. The Kier molecular flexibility index (Phi) is 5.06. The number of thiophene rings is 2. The van der Waals surface area contributed by atoms with Crippen LogP contribution in [0.3, 0.4) is 0 Å². The van der Waals surface area contributed by atoms with E-state index in [0.717, 1.165) is 41.7 Å². The number of ether oxygens (including phenoxy) is 1. The Morgan fingerprint density at radius 2 is 2.00 bits per heavy atom. The largest absolute Gasteiger partial charge is 0.462 e. The molecule has 1 aliphatic rings. The van der Waals surface area contributed by atoms with Crippen molar-refractivity contribution in [1.29, 1.82) is 0 Å². The van der Waals surface area contributed by atoms with Crippen molar-refractivity contribution in [3.63, 3.8) is 0 Å². The molecule has 1 N–H and O–H groups in total. The van der Waals surface area contributed by atoms with E-state index in [1.165, 1.54) is 16.2 Å². The number of aryl methyl sites for hydroxylation is 2. The van der Waals surface area contributed by atoms with Gasteiger partial charge in [-0.15, -0.1) is 22.7 Å². The molecular formula is C18H21NO3S2. The number of carbonyl (C=O) groups excluding carboxylic acids is 2. The number of fused-ring (bicyclic) bond motifs is 1. The first-order valence-electron chi connectivity index (χ1n) is 8.20. The Bertz CT molecular complexity index is 789. The summed E-state index contributed by atoms with van der Waals surface area (Å²) in [4.78, 5) is 27.4. The zero-order valence-electron chi connectivity index (χ0n) is 14.2. The Hall–Kier alpha value is -1.66. The van der Waals surface area contributed by atoms with Crippen molar-refractivity contribution in [2.24, 2.45) is 0 Å². The van der Waals surface area contributed by atoms with Crippen molar-refractivity contribution in [3.8, 4) is 0 Å². The van der Waals surface area contributed by atoms with E-state index in [-0.39, 0.29) is 11.9 Å². The fourth-order valence-electron chi connectivity index (χ4n) is 2.98. The van der Waals surface area contributed by atoms with Gasteiger partial charge in [-0.2, -0.15) is 0 Å². The molecule has 0 aromatic carbocycles. The highest BCUT2D eigenvalue weighted by Gasteiger charge is 2.27. The maximum atomic E-state index is 12.6. The van der Waals surface area contributed by atoms with Gasteiger partial charge in [-0.1, -0.05) is 0 Å². The molecule has 0 radical (unpaired) electrons. The number of nitrogens with one attached hydrogen (secondary N) is 1. The fraction of sp³-hybridized carbons (Fsp3) is 0.444. The van der Waals surface area contributed by atoms with E-state index in [2.05, 4.69) is 5.32 Å². The lowest BCUT2D eigenvalue weighted by atomic mass is 9.95. The van der Waals surface area contributed by atoms with Gasteiger partial charge in [0.25, 0.3) is 5.91 Å². The van der Waals surface area contributed by atoms with Gasteiger partial charge in [0.2, 0.25) is 0 Å². The molecule has 2 heterocycles. The molecule has 0 spiro atoms. The molecule has 0 aliphatic heterocycles. The molecular weight excluding hydrogens is 342 g/mol. The van der Waals surface area contributed by atoms with Crippen LogP contribution < -0.4 is 5.32 Å². The van der Waals surface area contributed by atoms with E-state index in [9.17, 15) is 9.59 Å². The number of anilines is 1. The van der Waals surface area contributed by atoms with Crippen LogP contribution in [0, 0.1) is 13.8 Å². The summed E-state index contributed by atoms with van der Waals surface area (Å²) >= 11 is 3.09. The molecule has 128 valence electrons. The Morgan fingerprint density at radius 3 is 2.67 bits per heavy atom. The van der Waals surface area contributed by atoms with Crippen molar-refractivity contribution < 1.29 is 14.3 Å². The SMILES string of the molecule is CCOC(=O)c1c(NC(=O)c2csc(C)c2C)sc2c1CCCC2. The summed E-state index contributed by atoms with van der Waals surface area (Å²) in [6.07, 6.45) is 4.06. The first kappa shape index (κ1) is 17.2. The molecule has 2 aromatic heterocycles. The third-order valence-electron chi connectivity index (χ3n) is 4.41. The molecule has 0 atom stereocenters. The quantitative estimate of drug-likeness (QED) is 0.799. The molecule has 4 nitrogen and oxygen atoms in total. The summed E-state index contributed by atoms with van der Waals surface area (Å²) < 4.78 is 5.23. The van der Waals surface area contributed by atoms with E-state index in [1.807, 2.05) is 19.2 Å². The Balaban J connectivity index is 1.95. The molecule has 0 fully saturated rings. The van der Waals surface area contributed by atoms with Crippen LogP contribution in [-0.4, -0.2) is 18.5 Å². The maximum absolute atomic E-state index is 12.6. The number of amides is 1. The third-order valence-corrected chi connectivity index (χ3v) is 6.63. The number of carbonyl (C=O) groups is 2. The van der Waals surface area contributed by atoms with Crippen LogP contribution in [0.25, 0.3) is 0 Å². The molecule has 1 aliphatic carbocycles. The highest BCUT2D eigenvalue weighted by Crippen LogP contribution is 2.39. The summed E-state index contributed by atoms with van der Waals surface area (Å²) in [7, 11) is 0. The summed E-state index contributed by atoms with van der Waals surface area (Å²) in [5.74, 6) is -0.480. The van der Waals surface area contributed by atoms with Gasteiger partial charge in [-0.05, 0) is 57.6 Å². The summed E-state index contributed by atoms with van der Waals surface area (Å²) in [6, 6.07) is 0. The first-order chi connectivity index (χ1) is 11.5. The number of hydrogen-bond donors (Lipinski definition) is 1. The molecule has 0 bridgehead atoms. The summed E-state index contributed by atoms with van der Waals surface area (Å²) in [5.41, 5.74) is 3.31. The lowest BCUT2D eigenvalue weighted by molar-refractivity contribution is 0.0526. The van der Waals surface area contributed by atoms with E-state index >= 15 is 0 Å². The smallest absolute Gasteiger partial charge is 0.341 e. The monoisotopic (exact) mass is 363 g/mol. The number of hydrogen-bond acceptors (Lipinski definition) is 5. The predicted molar refractivity (Wildman–Crippen MR) is 98.7 cm³/mol. The molecule has 6 heteroatoms. The van der Waals surface area contributed by atoms with Gasteiger partial charge in [-0.3, -0.25) is 4.79 Å². The van der Waals surface area contributed by atoms with E-state index < -0.39 is 0 Å².